The molecule has 0 unspecified atom stereocenters. The summed E-state index contributed by atoms with van der Waals surface area (Å²) in [5, 5.41) is 12.0. The first-order valence-corrected chi connectivity index (χ1v) is 13.8. The minimum atomic E-state index is -0.555. The largest absolute Gasteiger partial charge is 0.388 e. The van der Waals surface area contributed by atoms with Gasteiger partial charge in [0.15, 0.2) is 0 Å². The summed E-state index contributed by atoms with van der Waals surface area (Å²) < 4.78 is 0. The summed E-state index contributed by atoms with van der Waals surface area (Å²) in [5.74, 6) is 5.22. The molecule has 4 aliphatic carbocycles. The summed E-state index contributed by atoms with van der Waals surface area (Å²) in [6.07, 6.45) is 10.0. The van der Waals surface area contributed by atoms with Crippen LogP contribution in [0.3, 0.4) is 0 Å². The Kier molecular flexibility index (Phi) is 4.97. The fraction of sp³-hybridized carbons (Fsp3) is 0.963. The molecule has 2 aliphatic heterocycles. The van der Waals surface area contributed by atoms with Crippen molar-refractivity contribution in [3.05, 3.63) is 0 Å². The first-order chi connectivity index (χ1) is 14.7. The molecule has 31 heavy (non-hydrogen) atoms. The van der Waals surface area contributed by atoms with E-state index in [1.54, 1.807) is 0 Å². The zero-order valence-electron chi connectivity index (χ0n) is 19.7. The van der Waals surface area contributed by atoms with Crippen molar-refractivity contribution in [3.8, 4) is 0 Å². The lowest BCUT2D eigenvalue weighted by Crippen LogP contribution is -2.67. The van der Waals surface area contributed by atoms with Crippen molar-refractivity contribution < 1.29 is 9.90 Å². The van der Waals surface area contributed by atoms with E-state index in [-0.39, 0.29) is 16.7 Å². The minimum Gasteiger partial charge on any atom is -0.388 e. The number of nitrogens with zero attached hydrogens (tertiary/aromatic N) is 1. The Morgan fingerprint density at radius 3 is 2.55 bits per heavy atom. The van der Waals surface area contributed by atoms with Crippen LogP contribution in [-0.2, 0) is 4.79 Å². The van der Waals surface area contributed by atoms with Gasteiger partial charge in [0.1, 0.15) is 5.78 Å². The first kappa shape index (κ1) is 21.4. The van der Waals surface area contributed by atoms with Gasteiger partial charge in [-0.2, -0.15) is 0 Å². The highest BCUT2D eigenvalue weighted by Gasteiger charge is 2.64. The topological polar surface area (TPSA) is 40.5 Å². The SMILES string of the molecule is C[C@H]1CC[C@@H]2N(C1)C[C@H]1[C@@H]3C[C@H]4[C@@H](CC(=O)[C@H]5C[C@H](Cl)CC[C@@]54C)[C@@H]3CC[C@H]1[C@]2(C)O. The van der Waals surface area contributed by atoms with E-state index in [1.807, 2.05) is 0 Å². The van der Waals surface area contributed by atoms with Crippen LogP contribution in [0.15, 0.2) is 0 Å². The molecule has 6 fully saturated rings. The molecule has 6 rings (SSSR count). The van der Waals surface area contributed by atoms with Gasteiger partial charge in [-0.15, -0.1) is 11.6 Å². The van der Waals surface area contributed by atoms with Gasteiger partial charge in [0, 0.05) is 36.8 Å². The van der Waals surface area contributed by atoms with E-state index in [4.69, 9.17) is 11.6 Å². The second-order valence-electron chi connectivity index (χ2n) is 13.2. The van der Waals surface area contributed by atoms with Crippen molar-refractivity contribution >= 4 is 17.4 Å². The summed E-state index contributed by atoms with van der Waals surface area (Å²) in [6, 6.07) is 0.354. The summed E-state index contributed by atoms with van der Waals surface area (Å²) in [6.45, 7) is 9.34. The summed E-state index contributed by atoms with van der Waals surface area (Å²) >= 11 is 6.54. The normalized spacial score (nSPS) is 59.2. The standard InChI is InChI=1S/C27H42ClNO2/c1-15-4-7-25-27(3,31)21-6-5-17-18(20(21)14-29(25)13-15)11-22-19(17)12-24(30)23-10-16(28)8-9-26(22,23)2/h15-23,25,31H,4-14H2,1-3H3/t15-,16+,17+,18+,19-,20-,21+,22-,23+,25-,26+,27-/m0/s1. The van der Waals surface area contributed by atoms with Crippen molar-refractivity contribution in [1.82, 2.24) is 4.90 Å². The van der Waals surface area contributed by atoms with Crippen molar-refractivity contribution in [2.45, 2.75) is 95.6 Å². The maximum atomic E-state index is 13.3. The number of Topliss-reactive ketones (excluding diaryl/α,β-unsaturated/α-hetero) is 1. The molecule has 1 N–H and O–H groups in total. The Bertz CT molecular complexity index is 754. The van der Waals surface area contributed by atoms with Crippen LogP contribution in [0, 0.1) is 52.8 Å². The zero-order valence-corrected chi connectivity index (χ0v) is 20.5. The molecular formula is C27H42ClNO2. The van der Waals surface area contributed by atoms with Crippen LogP contribution in [0.2, 0.25) is 0 Å². The third-order valence-electron chi connectivity index (χ3n) is 11.8. The van der Waals surface area contributed by atoms with Crippen LogP contribution >= 0.6 is 11.6 Å². The second-order valence-corrected chi connectivity index (χ2v) is 13.8. The number of aliphatic hydroxyl groups is 1. The maximum absolute atomic E-state index is 13.3. The third kappa shape index (κ3) is 3.01. The molecule has 0 bridgehead atoms. The van der Waals surface area contributed by atoms with Crippen LogP contribution in [0.1, 0.15) is 78.6 Å². The van der Waals surface area contributed by atoms with Crippen LogP contribution in [0.5, 0.6) is 0 Å². The number of rotatable bonds is 0. The van der Waals surface area contributed by atoms with Crippen LogP contribution < -0.4 is 0 Å². The van der Waals surface area contributed by atoms with E-state index in [2.05, 4.69) is 25.7 Å². The number of hydrogen-bond donors (Lipinski definition) is 1. The number of fused-ring (bicyclic) bond motifs is 8. The Morgan fingerprint density at radius 2 is 1.74 bits per heavy atom. The fourth-order valence-electron chi connectivity index (χ4n) is 10.3. The molecule has 3 nitrogen and oxygen atoms in total. The molecular weight excluding hydrogens is 406 g/mol. The van der Waals surface area contributed by atoms with E-state index in [0.29, 0.717) is 47.3 Å². The Morgan fingerprint density at radius 1 is 0.935 bits per heavy atom. The van der Waals surface area contributed by atoms with Gasteiger partial charge >= 0.3 is 0 Å². The van der Waals surface area contributed by atoms with E-state index in [9.17, 15) is 9.90 Å². The Labute approximate surface area is 193 Å². The minimum absolute atomic E-state index is 0.164. The predicted molar refractivity (Wildman–Crippen MR) is 124 cm³/mol. The van der Waals surface area contributed by atoms with Crippen molar-refractivity contribution in [2.24, 2.45) is 52.8 Å². The lowest BCUT2D eigenvalue weighted by Gasteiger charge is -2.59. The van der Waals surface area contributed by atoms with E-state index < -0.39 is 5.60 Å². The highest BCUT2D eigenvalue weighted by Crippen LogP contribution is 2.66. The zero-order chi connectivity index (χ0) is 21.7. The number of piperidine rings is 2. The van der Waals surface area contributed by atoms with Gasteiger partial charge in [-0.3, -0.25) is 9.69 Å². The van der Waals surface area contributed by atoms with Gasteiger partial charge in [0.2, 0.25) is 0 Å². The van der Waals surface area contributed by atoms with Crippen molar-refractivity contribution in [1.29, 1.82) is 0 Å². The van der Waals surface area contributed by atoms with Gasteiger partial charge in [-0.25, -0.2) is 0 Å². The molecule has 2 saturated heterocycles. The first-order valence-electron chi connectivity index (χ1n) is 13.3. The average Bonchev–Trinajstić information content (AvgIpc) is 3.09. The third-order valence-corrected chi connectivity index (χ3v) is 12.2. The molecule has 0 aromatic rings. The summed E-state index contributed by atoms with van der Waals surface area (Å²) in [7, 11) is 0. The summed E-state index contributed by atoms with van der Waals surface area (Å²) in [5.41, 5.74) is -0.391. The van der Waals surface area contributed by atoms with Crippen LogP contribution in [0.4, 0.5) is 0 Å². The molecule has 12 atom stereocenters. The van der Waals surface area contributed by atoms with Gasteiger partial charge in [-0.1, -0.05) is 13.8 Å². The smallest absolute Gasteiger partial charge is 0.136 e. The Balaban J connectivity index is 1.31. The van der Waals surface area contributed by atoms with Crippen LogP contribution in [-0.4, -0.2) is 45.9 Å². The van der Waals surface area contributed by atoms with Crippen molar-refractivity contribution in [2.75, 3.05) is 13.1 Å². The fourth-order valence-corrected chi connectivity index (χ4v) is 10.6. The highest BCUT2D eigenvalue weighted by molar-refractivity contribution is 6.20. The van der Waals surface area contributed by atoms with E-state index in [1.165, 1.54) is 32.2 Å². The monoisotopic (exact) mass is 447 g/mol. The number of ketones is 1. The number of carbonyl (C=O) groups is 1. The molecule has 4 saturated carbocycles. The molecule has 0 radical (unpaired) electrons. The lowest BCUT2D eigenvalue weighted by molar-refractivity contribution is -0.175. The average molecular weight is 448 g/mol. The number of alkyl halides is 1. The second kappa shape index (κ2) is 7.19. The van der Waals surface area contributed by atoms with Crippen molar-refractivity contribution in [3.63, 3.8) is 0 Å². The molecule has 0 aromatic carbocycles. The van der Waals surface area contributed by atoms with Gasteiger partial charge in [0.25, 0.3) is 0 Å². The molecule has 174 valence electrons. The molecule has 6 aliphatic rings. The number of hydrogen-bond acceptors (Lipinski definition) is 3. The van der Waals surface area contributed by atoms with Gasteiger partial charge in [0.05, 0.1) is 5.60 Å². The van der Waals surface area contributed by atoms with Gasteiger partial charge in [-0.05, 0) is 105 Å². The molecule has 0 aromatic heterocycles. The number of halogens is 1. The number of carbonyl (C=O) groups excluding carboxylic acids is 1. The van der Waals surface area contributed by atoms with Gasteiger partial charge < -0.3 is 5.11 Å². The quantitative estimate of drug-likeness (QED) is 0.523. The summed E-state index contributed by atoms with van der Waals surface area (Å²) in [4.78, 5) is 16.0. The lowest BCUT2D eigenvalue weighted by atomic mass is 9.52. The highest BCUT2D eigenvalue weighted by atomic mass is 35.5. The predicted octanol–water partition coefficient (Wildman–Crippen LogP) is 5.13. The molecule has 2 heterocycles. The van der Waals surface area contributed by atoms with Crippen LogP contribution in [0.25, 0.3) is 0 Å². The molecule has 0 amide bonds. The Hall–Kier alpha value is -0.120. The molecule has 4 heteroatoms. The molecule has 0 spiro atoms. The van der Waals surface area contributed by atoms with E-state index >= 15 is 0 Å². The maximum Gasteiger partial charge on any atom is 0.136 e. The van der Waals surface area contributed by atoms with E-state index in [0.717, 1.165) is 44.6 Å².